The Bertz CT molecular complexity index is 1410. The third-order valence-corrected chi connectivity index (χ3v) is 10.6. The molecule has 1 aliphatic carbocycles. The SMILES string of the molecule is CCCC(C)[C@@H](CCC(C)CC)CC(=O)CC.COc1cccc(C)c1-c1nc(C)c(CC2CC2)c(C)n1.Cc1ccc(C(C)C)cc1C. The van der Waals surface area contributed by atoms with Gasteiger partial charge in [-0.05, 0) is 124 Å². The van der Waals surface area contributed by atoms with Gasteiger partial charge in [0, 0.05) is 24.2 Å². The third kappa shape index (κ3) is 14.0. The highest BCUT2D eigenvalue weighted by Crippen LogP contribution is 2.36. The normalized spacial score (nSPS) is 14.2. The summed E-state index contributed by atoms with van der Waals surface area (Å²) >= 11 is 0. The molecule has 0 aliphatic heterocycles. The molecule has 1 aliphatic rings. The zero-order chi connectivity index (χ0) is 36.7. The number of hydrogen-bond acceptors (Lipinski definition) is 4. The maximum absolute atomic E-state index is 11.6. The Morgan fingerprint density at radius 1 is 0.837 bits per heavy atom. The molecular weight excluding hydrogens is 601 g/mol. The predicted octanol–water partition coefficient (Wildman–Crippen LogP) is 12.7. The van der Waals surface area contributed by atoms with Crippen molar-refractivity contribution in [3.63, 3.8) is 0 Å². The second kappa shape index (κ2) is 21.3. The van der Waals surface area contributed by atoms with Crippen LogP contribution in [-0.2, 0) is 11.2 Å². The molecule has 1 saturated carbocycles. The number of benzene rings is 2. The number of carbonyl (C=O) groups is 1. The maximum atomic E-state index is 11.6. The number of hydrogen-bond donors (Lipinski definition) is 0. The molecule has 1 heterocycles. The number of nitrogens with zero attached hydrogens (tertiary/aromatic N) is 2. The molecule has 1 fully saturated rings. The van der Waals surface area contributed by atoms with E-state index >= 15 is 0 Å². The van der Waals surface area contributed by atoms with Gasteiger partial charge in [-0.15, -0.1) is 0 Å². The standard InChI is InChI=1S/C18H22N2O.C16H32O.C11H16/c1-11-6-5-7-16(21-4)17(11)18-19-12(2)15(13(3)20-18)10-14-8-9-14;1-6-9-14(5)15(12-16(17)8-3)11-10-13(4)7-2;1-8(2)11-6-5-9(3)10(4)7-11/h5-7,14H,8-10H2,1-4H3;13-15H,6-12H2,1-5H3;5-8H,1-4H3/t;13?,14?,15-;/m.0./s1. The van der Waals surface area contributed by atoms with E-state index in [1.807, 2.05) is 19.1 Å². The van der Waals surface area contributed by atoms with E-state index in [9.17, 15) is 4.79 Å². The minimum absolute atomic E-state index is 0.446. The first-order valence-corrected chi connectivity index (χ1v) is 19.3. The molecule has 3 atom stereocenters. The predicted molar refractivity (Wildman–Crippen MR) is 211 cm³/mol. The van der Waals surface area contributed by atoms with Crippen LogP contribution in [0.1, 0.15) is 151 Å². The molecule has 49 heavy (non-hydrogen) atoms. The molecule has 3 aromatic rings. The van der Waals surface area contributed by atoms with E-state index in [-0.39, 0.29) is 0 Å². The summed E-state index contributed by atoms with van der Waals surface area (Å²) < 4.78 is 5.49. The molecule has 0 spiro atoms. The zero-order valence-electron chi connectivity index (χ0n) is 33.6. The first kappa shape index (κ1) is 42.2. The summed E-state index contributed by atoms with van der Waals surface area (Å²) in [5, 5.41) is 0. The van der Waals surface area contributed by atoms with Crippen molar-refractivity contribution >= 4 is 5.78 Å². The molecule has 4 rings (SSSR count). The molecule has 4 heteroatoms. The van der Waals surface area contributed by atoms with E-state index in [4.69, 9.17) is 14.7 Å². The Labute approximate surface area is 301 Å². The Kier molecular flexibility index (Phi) is 18.3. The van der Waals surface area contributed by atoms with Crippen LogP contribution in [0.3, 0.4) is 0 Å². The number of rotatable bonds is 15. The van der Waals surface area contributed by atoms with Crippen molar-refractivity contribution in [1.82, 2.24) is 9.97 Å². The van der Waals surface area contributed by atoms with Crippen LogP contribution >= 0.6 is 0 Å². The number of carbonyl (C=O) groups excluding carboxylic acids is 1. The number of ether oxygens (including phenoxy) is 1. The number of ketones is 1. The van der Waals surface area contributed by atoms with E-state index in [2.05, 4.69) is 100 Å². The van der Waals surface area contributed by atoms with Gasteiger partial charge in [0.25, 0.3) is 0 Å². The molecule has 2 unspecified atom stereocenters. The molecule has 272 valence electrons. The Balaban J connectivity index is 0.000000268. The van der Waals surface area contributed by atoms with E-state index in [1.54, 1.807) is 7.11 Å². The molecule has 4 nitrogen and oxygen atoms in total. The molecule has 0 radical (unpaired) electrons. The Morgan fingerprint density at radius 2 is 1.49 bits per heavy atom. The summed E-state index contributed by atoms with van der Waals surface area (Å²) in [5.41, 5.74) is 9.91. The molecule has 0 saturated heterocycles. The van der Waals surface area contributed by atoms with Crippen molar-refractivity contribution < 1.29 is 9.53 Å². The fourth-order valence-corrected chi connectivity index (χ4v) is 6.40. The average molecular weight is 671 g/mol. The van der Waals surface area contributed by atoms with Crippen LogP contribution < -0.4 is 4.74 Å². The van der Waals surface area contributed by atoms with Crippen molar-refractivity contribution in [2.75, 3.05) is 7.11 Å². The van der Waals surface area contributed by atoms with E-state index in [0.717, 1.165) is 58.8 Å². The highest BCUT2D eigenvalue weighted by Gasteiger charge is 2.25. The van der Waals surface area contributed by atoms with E-state index < -0.39 is 0 Å². The van der Waals surface area contributed by atoms with Crippen molar-refractivity contribution in [3.05, 3.63) is 75.6 Å². The number of aromatic nitrogens is 2. The van der Waals surface area contributed by atoms with Gasteiger partial charge in [0.1, 0.15) is 11.5 Å². The smallest absolute Gasteiger partial charge is 0.163 e. The molecule has 0 amide bonds. The topological polar surface area (TPSA) is 52.1 Å². The van der Waals surface area contributed by atoms with Crippen molar-refractivity contribution in [1.29, 1.82) is 0 Å². The lowest BCUT2D eigenvalue weighted by atomic mass is 9.81. The van der Waals surface area contributed by atoms with Crippen LogP contribution in [0, 0.1) is 58.3 Å². The fraction of sp³-hybridized carbons (Fsp3) is 0.622. The summed E-state index contributed by atoms with van der Waals surface area (Å²) in [6.07, 6.45) is 11.6. The van der Waals surface area contributed by atoms with Gasteiger partial charge in [-0.25, -0.2) is 9.97 Å². The van der Waals surface area contributed by atoms with Crippen LogP contribution in [0.5, 0.6) is 5.75 Å². The lowest BCUT2D eigenvalue weighted by Crippen LogP contribution is -2.17. The molecule has 1 aromatic heterocycles. The van der Waals surface area contributed by atoms with Gasteiger partial charge in [-0.3, -0.25) is 4.79 Å². The van der Waals surface area contributed by atoms with Crippen molar-refractivity contribution in [2.24, 2.45) is 23.7 Å². The van der Waals surface area contributed by atoms with Crippen molar-refractivity contribution in [2.45, 2.75) is 153 Å². The lowest BCUT2D eigenvalue weighted by molar-refractivity contribution is -0.120. The fourth-order valence-electron chi connectivity index (χ4n) is 6.40. The molecule has 0 bridgehead atoms. The van der Waals surface area contributed by atoms with Gasteiger partial charge in [0.05, 0.1) is 12.7 Å². The first-order chi connectivity index (χ1) is 23.3. The van der Waals surface area contributed by atoms with Gasteiger partial charge in [0.2, 0.25) is 0 Å². The zero-order valence-corrected chi connectivity index (χ0v) is 33.6. The summed E-state index contributed by atoms with van der Waals surface area (Å²) in [5.74, 6) is 5.70. The van der Waals surface area contributed by atoms with E-state index in [0.29, 0.717) is 30.0 Å². The van der Waals surface area contributed by atoms with Gasteiger partial charge in [-0.2, -0.15) is 0 Å². The molecule has 0 N–H and O–H groups in total. The summed E-state index contributed by atoms with van der Waals surface area (Å²) in [4.78, 5) is 21.2. The van der Waals surface area contributed by atoms with Gasteiger partial charge in [-0.1, -0.05) is 104 Å². The van der Waals surface area contributed by atoms with Crippen LogP contribution in [-0.4, -0.2) is 22.9 Å². The van der Waals surface area contributed by atoms with Gasteiger partial charge >= 0.3 is 0 Å². The largest absolute Gasteiger partial charge is 0.496 e. The van der Waals surface area contributed by atoms with Crippen LogP contribution in [0.25, 0.3) is 11.4 Å². The maximum Gasteiger partial charge on any atom is 0.163 e. The molecule has 2 aromatic carbocycles. The van der Waals surface area contributed by atoms with E-state index in [1.165, 1.54) is 67.2 Å². The third-order valence-electron chi connectivity index (χ3n) is 10.6. The summed E-state index contributed by atoms with van der Waals surface area (Å²) in [6, 6.07) is 12.7. The van der Waals surface area contributed by atoms with Gasteiger partial charge in [0.15, 0.2) is 5.82 Å². The lowest BCUT2D eigenvalue weighted by Gasteiger charge is -2.24. The minimum Gasteiger partial charge on any atom is -0.496 e. The summed E-state index contributed by atoms with van der Waals surface area (Å²) in [7, 11) is 1.69. The number of methoxy groups -OCH3 is 1. The minimum atomic E-state index is 0.446. The number of aryl methyl sites for hydroxylation is 5. The highest BCUT2D eigenvalue weighted by molar-refractivity contribution is 5.78. The molecular formula is C45H70N2O2. The van der Waals surface area contributed by atoms with Crippen LogP contribution in [0.2, 0.25) is 0 Å². The quantitative estimate of drug-likeness (QED) is 0.161. The first-order valence-electron chi connectivity index (χ1n) is 19.3. The average Bonchev–Trinajstić information content (AvgIpc) is 3.90. The van der Waals surface area contributed by atoms with Crippen LogP contribution in [0.4, 0.5) is 0 Å². The van der Waals surface area contributed by atoms with Crippen LogP contribution in [0.15, 0.2) is 36.4 Å². The Hall–Kier alpha value is -3.01. The van der Waals surface area contributed by atoms with Gasteiger partial charge < -0.3 is 4.74 Å². The van der Waals surface area contributed by atoms with Crippen molar-refractivity contribution in [3.8, 4) is 17.1 Å². The summed E-state index contributed by atoms with van der Waals surface area (Å²) in [6.45, 7) is 26.2. The number of Topliss-reactive ketones (excluding diaryl/α,β-unsaturated/α-hetero) is 1. The second-order valence-electron chi connectivity index (χ2n) is 15.2. The Morgan fingerprint density at radius 3 is 2.00 bits per heavy atom. The monoisotopic (exact) mass is 671 g/mol. The highest BCUT2D eigenvalue weighted by atomic mass is 16.5. The second-order valence-corrected chi connectivity index (χ2v) is 15.2.